The average Bonchev–Trinajstić information content (AvgIpc) is 2.24. The predicted molar refractivity (Wildman–Crippen MR) is 56.2 cm³/mol. The molecule has 2 bridgehead atoms. The van der Waals surface area contributed by atoms with E-state index < -0.39 is 0 Å². The van der Waals surface area contributed by atoms with Gasteiger partial charge in [-0.1, -0.05) is 19.1 Å². The van der Waals surface area contributed by atoms with Crippen molar-refractivity contribution in [2.45, 2.75) is 32.6 Å². The summed E-state index contributed by atoms with van der Waals surface area (Å²) in [5, 5.41) is 0. The Kier molecular flexibility index (Phi) is 1.74. The number of fused-ring (bicyclic) bond motifs is 1. The number of carbonyl (C=O) groups excluding carboxylic acids is 2. The maximum atomic E-state index is 12.3. The zero-order valence-electron chi connectivity index (χ0n) is 9.03. The average molecular weight is 204 g/mol. The molecule has 2 nitrogen and oxygen atoms in total. The van der Waals surface area contributed by atoms with Crippen LogP contribution in [0.25, 0.3) is 0 Å². The minimum absolute atomic E-state index is 0.180. The molecule has 0 radical (unpaired) electrons. The van der Waals surface area contributed by atoms with Crippen LogP contribution in [0.1, 0.15) is 32.6 Å². The molecule has 2 fully saturated rings. The Labute approximate surface area is 89.7 Å². The van der Waals surface area contributed by atoms with Gasteiger partial charge >= 0.3 is 0 Å². The van der Waals surface area contributed by atoms with Crippen LogP contribution >= 0.6 is 0 Å². The number of hydrogen-bond donors (Lipinski definition) is 0. The van der Waals surface area contributed by atoms with Gasteiger partial charge < -0.3 is 0 Å². The van der Waals surface area contributed by atoms with E-state index in [-0.39, 0.29) is 11.3 Å². The van der Waals surface area contributed by atoms with Gasteiger partial charge in [0.05, 0.1) is 5.41 Å². The molecule has 4 rings (SSSR count). The summed E-state index contributed by atoms with van der Waals surface area (Å²) in [5.74, 6) is 1.65. The number of allylic oxidation sites excluding steroid dienone is 2. The van der Waals surface area contributed by atoms with E-state index in [1.54, 1.807) is 0 Å². The van der Waals surface area contributed by atoms with Gasteiger partial charge in [-0.05, 0) is 24.7 Å². The number of rotatable bonds is 0. The molecule has 0 N–H and O–H groups in total. The maximum absolute atomic E-state index is 12.3. The number of ketones is 2. The highest BCUT2D eigenvalue weighted by molar-refractivity contribution is 5.94. The standard InChI is InChI=1S/C13H16O2/c1-8-9-2-4-13(12(8)15)5-3-11(14)7-10(13)6-9/h2,4,8-10H,3,5-7H2,1H3/t8?,9-,10-,13-/m0/s1. The van der Waals surface area contributed by atoms with Gasteiger partial charge in [-0.15, -0.1) is 0 Å². The summed E-state index contributed by atoms with van der Waals surface area (Å²) in [4.78, 5) is 23.7. The summed E-state index contributed by atoms with van der Waals surface area (Å²) in [6, 6.07) is 0. The van der Waals surface area contributed by atoms with Gasteiger partial charge in [0.2, 0.25) is 0 Å². The van der Waals surface area contributed by atoms with Crippen molar-refractivity contribution in [3.8, 4) is 0 Å². The van der Waals surface area contributed by atoms with Crippen LogP contribution in [-0.4, -0.2) is 11.6 Å². The summed E-state index contributed by atoms with van der Waals surface area (Å²) in [5.41, 5.74) is -0.248. The molecule has 0 aromatic rings. The van der Waals surface area contributed by atoms with Crippen molar-refractivity contribution in [2.75, 3.05) is 0 Å². The monoisotopic (exact) mass is 204 g/mol. The van der Waals surface area contributed by atoms with E-state index in [1.807, 2.05) is 6.92 Å². The van der Waals surface area contributed by atoms with Crippen molar-refractivity contribution >= 4 is 11.6 Å². The van der Waals surface area contributed by atoms with E-state index >= 15 is 0 Å². The molecule has 4 atom stereocenters. The first kappa shape index (κ1) is 9.32. The van der Waals surface area contributed by atoms with Crippen LogP contribution in [-0.2, 0) is 9.59 Å². The number of carbonyl (C=O) groups is 2. The maximum Gasteiger partial charge on any atom is 0.146 e. The van der Waals surface area contributed by atoms with Crippen molar-refractivity contribution in [3.05, 3.63) is 12.2 Å². The van der Waals surface area contributed by atoms with Crippen LogP contribution in [0.3, 0.4) is 0 Å². The van der Waals surface area contributed by atoms with Gasteiger partial charge in [-0.25, -0.2) is 0 Å². The van der Waals surface area contributed by atoms with Gasteiger partial charge in [0.25, 0.3) is 0 Å². The van der Waals surface area contributed by atoms with E-state index in [4.69, 9.17) is 0 Å². The van der Waals surface area contributed by atoms with Crippen molar-refractivity contribution in [1.82, 2.24) is 0 Å². The highest BCUT2D eigenvalue weighted by Crippen LogP contribution is 2.55. The predicted octanol–water partition coefficient (Wildman–Crippen LogP) is 2.14. The first-order valence-electron chi connectivity index (χ1n) is 5.89. The molecule has 2 heteroatoms. The Morgan fingerprint density at radius 1 is 1.40 bits per heavy atom. The minimum Gasteiger partial charge on any atom is -0.300 e. The highest BCUT2D eigenvalue weighted by atomic mass is 16.1. The molecule has 1 unspecified atom stereocenters. The minimum atomic E-state index is -0.248. The first-order valence-corrected chi connectivity index (χ1v) is 5.89. The molecule has 0 heterocycles. The molecule has 2 saturated carbocycles. The van der Waals surface area contributed by atoms with Crippen LogP contribution in [0.15, 0.2) is 12.2 Å². The summed E-state index contributed by atoms with van der Waals surface area (Å²) in [7, 11) is 0. The van der Waals surface area contributed by atoms with Crippen LogP contribution in [0.4, 0.5) is 0 Å². The molecular formula is C13H16O2. The summed E-state index contributed by atoms with van der Waals surface area (Å²) >= 11 is 0. The fraction of sp³-hybridized carbons (Fsp3) is 0.692. The second kappa shape index (κ2) is 2.81. The van der Waals surface area contributed by atoms with Crippen LogP contribution < -0.4 is 0 Å². The van der Waals surface area contributed by atoms with E-state index in [0.717, 1.165) is 12.8 Å². The van der Waals surface area contributed by atoms with Gasteiger partial charge in [0.1, 0.15) is 11.6 Å². The lowest BCUT2D eigenvalue weighted by Gasteiger charge is -2.51. The highest BCUT2D eigenvalue weighted by Gasteiger charge is 2.55. The number of hydrogen-bond acceptors (Lipinski definition) is 2. The Morgan fingerprint density at radius 2 is 2.20 bits per heavy atom. The molecule has 1 spiro atoms. The van der Waals surface area contributed by atoms with Gasteiger partial charge in [0, 0.05) is 18.8 Å². The molecule has 0 aromatic heterocycles. The topological polar surface area (TPSA) is 34.1 Å². The lowest BCUT2D eigenvalue weighted by Crippen LogP contribution is -2.53. The second-order valence-electron chi connectivity index (χ2n) is 5.39. The van der Waals surface area contributed by atoms with Crippen molar-refractivity contribution in [3.63, 3.8) is 0 Å². The molecule has 0 saturated heterocycles. The quantitative estimate of drug-likeness (QED) is 0.566. The Balaban J connectivity index is 2.05. The van der Waals surface area contributed by atoms with Gasteiger partial charge in [0.15, 0.2) is 0 Å². The number of Topliss-reactive ketones (excluding diaryl/α,β-unsaturated/α-hetero) is 2. The summed E-state index contributed by atoms with van der Waals surface area (Å²) < 4.78 is 0. The zero-order valence-corrected chi connectivity index (χ0v) is 9.03. The fourth-order valence-corrected chi connectivity index (χ4v) is 3.72. The normalized spacial score (nSPS) is 48.2. The third-order valence-corrected chi connectivity index (χ3v) is 4.73. The Morgan fingerprint density at radius 3 is 3.00 bits per heavy atom. The zero-order chi connectivity index (χ0) is 10.6. The molecule has 80 valence electrons. The molecule has 0 amide bonds. The second-order valence-corrected chi connectivity index (χ2v) is 5.39. The van der Waals surface area contributed by atoms with E-state index in [0.29, 0.717) is 36.2 Å². The smallest absolute Gasteiger partial charge is 0.146 e. The Bertz CT molecular complexity index is 369. The Hall–Kier alpha value is -0.920. The summed E-state index contributed by atoms with van der Waals surface area (Å²) in [6.45, 7) is 2.05. The molecule has 4 aliphatic carbocycles. The van der Waals surface area contributed by atoms with Crippen LogP contribution in [0.5, 0.6) is 0 Å². The third-order valence-electron chi connectivity index (χ3n) is 4.73. The molecule has 4 aliphatic rings. The van der Waals surface area contributed by atoms with E-state index in [1.165, 1.54) is 0 Å². The molecule has 0 aromatic carbocycles. The van der Waals surface area contributed by atoms with Crippen LogP contribution in [0.2, 0.25) is 0 Å². The summed E-state index contributed by atoms with van der Waals surface area (Å²) in [6.07, 6.45) is 7.40. The largest absolute Gasteiger partial charge is 0.300 e. The van der Waals surface area contributed by atoms with Crippen molar-refractivity contribution in [2.24, 2.45) is 23.2 Å². The van der Waals surface area contributed by atoms with Gasteiger partial charge in [-0.2, -0.15) is 0 Å². The lowest BCUT2D eigenvalue weighted by atomic mass is 9.50. The SMILES string of the molecule is CC1C(=O)[C@]23C=C[C@H]1C[C@H]2CC(=O)CC3. The molecular weight excluding hydrogens is 188 g/mol. The van der Waals surface area contributed by atoms with Crippen LogP contribution in [0, 0.1) is 23.2 Å². The van der Waals surface area contributed by atoms with E-state index in [2.05, 4.69) is 12.2 Å². The third kappa shape index (κ3) is 1.05. The first-order chi connectivity index (χ1) is 7.13. The molecule has 0 aliphatic heterocycles. The van der Waals surface area contributed by atoms with E-state index in [9.17, 15) is 9.59 Å². The van der Waals surface area contributed by atoms with Gasteiger partial charge in [-0.3, -0.25) is 9.59 Å². The van der Waals surface area contributed by atoms with Crippen molar-refractivity contribution in [1.29, 1.82) is 0 Å². The molecule has 15 heavy (non-hydrogen) atoms. The fourth-order valence-electron chi connectivity index (χ4n) is 3.72. The lowest BCUT2D eigenvalue weighted by molar-refractivity contribution is -0.145. The van der Waals surface area contributed by atoms with Crippen molar-refractivity contribution < 1.29 is 9.59 Å².